The number of anilines is 1. The van der Waals surface area contributed by atoms with Crippen LogP contribution >= 0.6 is 0 Å². The largest absolute Gasteiger partial charge is 0.466 e. The van der Waals surface area contributed by atoms with Crippen LogP contribution in [0.5, 0.6) is 0 Å². The Bertz CT molecular complexity index is 1910. The molecule has 57 heavy (non-hydrogen) atoms. The number of aromatic nitrogens is 1. The molecule has 3 atom stereocenters. The third kappa shape index (κ3) is 13.7. The zero-order valence-electron chi connectivity index (χ0n) is 31.7. The Morgan fingerprint density at radius 3 is 2.14 bits per heavy atom. The lowest BCUT2D eigenvalue weighted by atomic mass is 9.94. The van der Waals surface area contributed by atoms with E-state index in [2.05, 4.69) is 15.0 Å². The van der Waals surface area contributed by atoms with Crippen molar-refractivity contribution in [3.8, 4) is 22.4 Å². The number of aliphatic hydroxyl groups excluding tert-OH is 2. The number of hydrogen-bond acceptors (Lipinski definition) is 12. The fourth-order valence-electron chi connectivity index (χ4n) is 6.36. The number of nitrogens with zero attached hydrogens (tertiary/aromatic N) is 3. The summed E-state index contributed by atoms with van der Waals surface area (Å²) < 4.78 is 26.6. The topological polar surface area (TPSA) is 215 Å². The number of benzene rings is 3. The minimum absolute atomic E-state index is 0.00926. The fraction of sp³-hybridized carbons (Fsp3) is 0.400. The van der Waals surface area contributed by atoms with Crippen LogP contribution in [0.1, 0.15) is 67.9 Å². The van der Waals surface area contributed by atoms with E-state index in [0.29, 0.717) is 33.8 Å². The van der Waals surface area contributed by atoms with E-state index in [0.717, 1.165) is 5.56 Å². The first-order chi connectivity index (χ1) is 27.3. The van der Waals surface area contributed by atoms with Crippen LogP contribution in [0, 0.1) is 26.0 Å². The molecule has 1 amide bonds. The van der Waals surface area contributed by atoms with Crippen molar-refractivity contribution in [1.82, 2.24) is 4.57 Å². The van der Waals surface area contributed by atoms with Crippen LogP contribution in [-0.2, 0) is 30.5 Å². The zero-order chi connectivity index (χ0) is 41.3. The second kappa shape index (κ2) is 22.0. The van der Waals surface area contributed by atoms with Crippen molar-refractivity contribution in [3.63, 3.8) is 0 Å². The molecular weight excluding hydrogens is 747 g/mol. The molecule has 306 valence electrons. The molecule has 0 aliphatic carbocycles. The lowest BCUT2D eigenvalue weighted by Crippen LogP contribution is -2.27. The maximum absolute atomic E-state index is 14.3. The number of carbonyl (C=O) groups is 2. The lowest BCUT2D eigenvalue weighted by molar-refractivity contribution is -0.769. The summed E-state index contributed by atoms with van der Waals surface area (Å²) in [6.45, 7) is 3.36. The van der Waals surface area contributed by atoms with E-state index in [4.69, 9.17) is 9.47 Å². The number of nitrogens with one attached hydrogen (secondary N) is 1. The van der Waals surface area contributed by atoms with E-state index < -0.39 is 46.7 Å². The molecule has 1 unspecified atom stereocenters. The van der Waals surface area contributed by atoms with Crippen molar-refractivity contribution in [3.05, 3.63) is 122 Å². The molecule has 1 aromatic heterocycles. The second-order valence-corrected chi connectivity index (χ2v) is 13.5. The number of esters is 1. The van der Waals surface area contributed by atoms with Crippen molar-refractivity contribution >= 4 is 17.6 Å². The van der Waals surface area contributed by atoms with Crippen molar-refractivity contribution in [2.24, 2.45) is 0 Å². The Kier molecular flexibility index (Phi) is 16.9. The van der Waals surface area contributed by atoms with Gasteiger partial charge in [0, 0.05) is 36.5 Å². The average molecular weight is 795 g/mol. The fourth-order valence-corrected chi connectivity index (χ4v) is 6.36. The molecule has 17 heteroatoms. The van der Waals surface area contributed by atoms with E-state index in [1.54, 1.807) is 24.3 Å². The minimum atomic E-state index is -1.29. The molecule has 0 aliphatic heterocycles. The summed E-state index contributed by atoms with van der Waals surface area (Å²) in [5.74, 6) is -1.77. The first kappa shape index (κ1) is 43.8. The molecule has 0 aliphatic rings. The molecule has 4 rings (SSSR count). The molecule has 1 heterocycles. The molecule has 0 bridgehead atoms. The maximum atomic E-state index is 14.3. The summed E-state index contributed by atoms with van der Waals surface area (Å²) in [5, 5.41) is 44.0. The predicted molar refractivity (Wildman–Crippen MR) is 205 cm³/mol. The molecule has 0 radical (unpaired) electrons. The Labute approximate surface area is 328 Å². The van der Waals surface area contributed by atoms with Crippen LogP contribution in [-0.4, -0.2) is 81.6 Å². The van der Waals surface area contributed by atoms with Gasteiger partial charge in [-0.25, -0.2) is 4.39 Å². The molecule has 0 fully saturated rings. The predicted octanol–water partition coefficient (Wildman–Crippen LogP) is 6.35. The SMILES string of the molecule is CC(C)c1c(C(=O)Nc2ccccc2)c(-c2ccccc2)c(-c2ccc(F)cc2)n1CC[C@@H](O)C[C@@H](O)CC(=O)OCCC(COCCCO[N+](=O)[O-])O[N+](=O)[O-]. The summed E-state index contributed by atoms with van der Waals surface area (Å²) >= 11 is 0. The van der Waals surface area contributed by atoms with Crippen molar-refractivity contribution in [2.45, 2.75) is 76.7 Å². The normalized spacial score (nSPS) is 12.7. The van der Waals surface area contributed by atoms with E-state index in [-0.39, 0.29) is 70.5 Å². The standard InChI is InChI=1S/C40H47FN4O12/c1-27(2)38-37(40(49)42-31-12-7-4-8-13-31)36(28-10-5-3-6-11-28)39(29-14-16-30(41)17-15-29)43(38)20-18-32(46)24-33(47)25-35(48)55-23-19-34(57-45(52)53)26-54-21-9-22-56-44(50)51/h3-8,10-17,27,32-34,46-47H,9,18-26H2,1-2H3,(H,42,49)/t32-,33-,34?/m1/s1. The first-order valence-electron chi connectivity index (χ1n) is 18.5. The average Bonchev–Trinajstić information content (AvgIpc) is 3.51. The van der Waals surface area contributed by atoms with Gasteiger partial charge in [-0.05, 0) is 72.7 Å². The number of halogens is 1. The highest BCUT2D eigenvalue weighted by atomic mass is 19.1. The van der Waals surface area contributed by atoms with Crippen molar-refractivity contribution < 1.29 is 53.5 Å². The lowest BCUT2D eigenvalue weighted by Gasteiger charge is -2.20. The van der Waals surface area contributed by atoms with Gasteiger partial charge >= 0.3 is 5.97 Å². The van der Waals surface area contributed by atoms with Crippen LogP contribution < -0.4 is 5.32 Å². The van der Waals surface area contributed by atoms with Crippen LogP contribution in [0.25, 0.3) is 22.4 Å². The van der Waals surface area contributed by atoms with Gasteiger partial charge in [0.1, 0.15) is 11.9 Å². The highest BCUT2D eigenvalue weighted by Crippen LogP contribution is 2.42. The van der Waals surface area contributed by atoms with Crippen LogP contribution in [0.3, 0.4) is 0 Å². The van der Waals surface area contributed by atoms with E-state index in [9.17, 15) is 44.4 Å². The summed E-state index contributed by atoms with van der Waals surface area (Å²) in [6, 6.07) is 24.4. The van der Waals surface area contributed by atoms with E-state index in [1.807, 2.05) is 66.9 Å². The summed E-state index contributed by atoms with van der Waals surface area (Å²) in [4.78, 5) is 56.6. The van der Waals surface area contributed by atoms with Gasteiger partial charge in [0.2, 0.25) is 0 Å². The summed E-state index contributed by atoms with van der Waals surface area (Å²) in [5.41, 5.74) is 4.40. The molecule has 3 N–H and O–H groups in total. The summed E-state index contributed by atoms with van der Waals surface area (Å²) in [7, 11) is 0. The van der Waals surface area contributed by atoms with Gasteiger partial charge in [-0.3, -0.25) is 9.59 Å². The van der Waals surface area contributed by atoms with Crippen molar-refractivity contribution in [2.75, 3.05) is 31.7 Å². The quantitative estimate of drug-likeness (QED) is 0.0306. The third-order valence-corrected chi connectivity index (χ3v) is 8.79. The van der Waals surface area contributed by atoms with Gasteiger partial charge < -0.3 is 39.2 Å². The van der Waals surface area contributed by atoms with Gasteiger partial charge in [-0.1, -0.05) is 62.4 Å². The highest BCUT2D eigenvalue weighted by Gasteiger charge is 2.31. The maximum Gasteiger partial charge on any atom is 0.308 e. The number of rotatable bonds is 24. The number of aliphatic hydroxyl groups is 2. The molecule has 4 aromatic rings. The van der Waals surface area contributed by atoms with E-state index >= 15 is 0 Å². The number of hydrogen-bond donors (Lipinski definition) is 3. The number of para-hydroxylation sites is 1. The van der Waals surface area contributed by atoms with Gasteiger partial charge in [-0.2, -0.15) is 0 Å². The van der Waals surface area contributed by atoms with Gasteiger partial charge in [-0.15, -0.1) is 20.2 Å². The van der Waals surface area contributed by atoms with Gasteiger partial charge in [0.25, 0.3) is 16.1 Å². The van der Waals surface area contributed by atoms with Crippen molar-refractivity contribution in [1.29, 1.82) is 0 Å². The molecule has 16 nitrogen and oxygen atoms in total. The van der Waals surface area contributed by atoms with Crippen LogP contribution in [0.2, 0.25) is 0 Å². The Morgan fingerprint density at radius 1 is 0.842 bits per heavy atom. The Balaban J connectivity index is 1.47. The highest BCUT2D eigenvalue weighted by molar-refractivity contribution is 6.12. The summed E-state index contributed by atoms with van der Waals surface area (Å²) in [6.07, 6.45) is -3.97. The molecular formula is C40H47FN4O12. The second-order valence-electron chi connectivity index (χ2n) is 13.5. The minimum Gasteiger partial charge on any atom is -0.466 e. The molecule has 3 aromatic carbocycles. The van der Waals surface area contributed by atoms with E-state index in [1.165, 1.54) is 12.1 Å². The Hall–Kier alpha value is -5.91. The smallest absolute Gasteiger partial charge is 0.308 e. The molecule has 0 saturated heterocycles. The number of ether oxygens (including phenoxy) is 2. The Morgan fingerprint density at radius 2 is 1.51 bits per heavy atom. The number of amides is 1. The van der Waals surface area contributed by atoms with Crippen LogP contribution in [0.15, 0.2) is 84.9 Å². The van der Waals surface area contributed by atoms with Gasteiger partial charge in [0.05, 0.1) is 49.7 Å². The molecule has 0 saturated carbocycles. The van der Waals surface area contributed by atoms with Gasteiger partial charge in [0.15, 0.2) is 0 Å². The monoisotopic (exact) mass is 794 g/mol. The number of carbonyl (C=O) groups excluding carboxylic acids is 2. The molecule has 0 spiro atoms. The zero-order valence-corrected chi connectivity index (χ0v) is 31.7. The first-order valence-corrected chi connectivity index (χ1v) is 18.5. The third-order valence-electron chi connectivity index (χ3n) is 8.79. The van der Waals surface area contributed by atoms with Crippen LogP contribution in [0.4, 0.5) is 10.1 Å².